The smallest absolute Gasteiger partial charge is 0.265 e. The highest BCUT2D eigenvalue weighted by Crippen LogP contribution is 2.28. The molecule has 30 heavy (non-hydrogen) atoms. The van der Waals surface area contributed by atoms with Crippen LogP contribution in [0.15, 0.2) is 59.5 Å². The van der Waals surface area contributed by atoms with Gasteiger partial charge in [-0.1, -0.05) is 18.2 Å². The van der Waals surface area contributed by atoms with E-state index in [1.807, 2.05) is 31.2 Å². The lowest BCUT2D eigenvalue weighted by Crippen LogP contribution is -2.19. The summed E-state index contributed by atoms with van der Waals surface area (Å²) < 4.78 is 33.4. The molecule has 3 aromatic rings. The molecule has 156 valence electrons. The number of benzene rings is 2. The Morgan fingerprint density at radius 3 is 2.33 bits per heavy atom. The van der Waals surface area contributed by atoms with Crippen LogP contribution < -0.4 is 14.4 Å². The predicted octanol–water partition coefficient (Wildman–Crippen LogP) is 3.86. The largest absolute Gasteiger partial charge is 0.495 e. The van der Waals surface area contributed by atoms with Crippen molar-refractivity contribution in [3.05, 3.63) is 60.2 Å². The minimum absolute atomic E-state index is 0.100. The quantitative estimate of drug-likeness (QED) is 0.647. The van der Waals surface area contributed by atoms with E-state index in [-0.39, 0.29) is 4.90 Å². The molecule has 1 aliphatic rings. The zero-order valence-electron chi connectivity index (χ0n) is 17.0. The Hall–Kier alpha value is -3.13. The SMILES string of the molecule is COc1cc(C)ccc1S(=O)(=O)Nc1ccc(-c2ccc(N3CCCC3)nn2)cc1. The Morgan fingerprint density at radius 2 is 1.70 bits per heavy atom. The van der Waals surface area contributed by atoms with Gasteiger partial charge in [0.1, 0.15) is 10.6 Å². The summed E-state index contributed by atoms with van der Waals surface area (Å²) in [7, 11) is -2.32. The maximum atomic E-state index is 12.8. The number of rotatable bonds is 6. The van der Waals surface area contributed by atoms with E-state index in [1.165, 1.54) is 20.0 Å². The monoisotopic (exact) mass is 424 g/mol. The molecule has 1 fully saturated rings. The highest BCUT2D eigenvalue weighted by molar-refractivity contribution is 7.92. The summed E-state index contributed by atoms with van der Waals surface area (Å²) in [5.74, 6) is 1.21. The van der Waals surface area contributed by atoms with Gasteiger partial charge in [0.25, 0.3) is 10.0 Å². The number of nitrogens with zero attached hydrogens (tertiary/aromatic N) is 3. The molecule has 0 atom stereocenters. The van der Waals surface area contributed by atoms with Crippen LogP contribution in [0.25, 0.3) is 11.3 Å². The van der Waals surface area contributed by atoms with Gasteiger partial charge in [0.15, 0.2) is 5.82 Å². The third kappa shape index (κ3) is 4.23. The van der Waals surface area contributed by atoms with Gasteiger partial charge in [-0.05, 0) is 61.7 Å². The standard InChI is InChI=1S/C22H24N4O3S/c1-16-5-11-21(20(15-16)29-2)30(27,28)25-18-8-6-17(7-9-18)19-10-12-22(24-23-19)26-13-3-4-14-26/h5-12,15,25H,3-4,13-14H2,1-2H3. The number of anilines is 2. The van der Waals surface area contributed by atoms with Gasteiger partial charge in [-0.25, -0.2) is 8.42 Å². The molecule has 1 saturated heterocycles. The normalized spacial score (nSPS) is 14.0. The predicted molar refractivity (Wildman–Crippen MR) is 117 cm³/mol. The van der Waals surface area contributed by atoms with Gasteiger partial charge in [-0.15, -0.1) is 10.2 Å². The molecule has 1 aromatic heterocycles. The lowest BCUT2D eigenvalue weighted by Gasteiger charge is -2.15. The number of nitrogens with one attached hydrogen (secondary N) is 1. The Balaban J connectivity index is 1.51. The summed E-state index contributed by atoms with van der Waals surface area (Å²) in [4.78, 5) is 2.33. The minimum atomic E-state index is -3.77. The second-order valence-corrected chi connectivity index (χ2v) is 8.96. The first-order chi connectivity index (χ1) is 14.5. The van der Waals surface area contributed by atoms with Crippen molar-refractivity contribution >= 4 is 21.5 Å². The van der Waals surface area contributed by atoms with Crippen molar-refractivity contribution in [1.29, 1.82) is 0 Å². The highest BCUT2D eigenvalue weighted by Gasteiger charge is 2.20. The highest BCUT2D eigenvalue weighted by atomic mass is 32.2. The number of sulfonamides is 1. The number of aryl methyl sites for hydroxylation is 1. The number of ether oxygens (including phenoxy) is 1. The van der Waals surface area contributed by atoms with E-state index in [9.17, 15) is 8.42 Å². The second kappa shape index (κ2) is 8.31. The van der Waals surface area contributed by atoms with E-state index in [1.54, 1.807) is 30.3 Å². The van der Waals surface area contributed by atoms with Crippen LogP contribution in [0.1, 0.15) is 18.4 Å². The zero-order valence-corrected chi connectivity index (χ0v) is 17.8. The minimum Gasteiger partial charge on any atom is -0.495 e. The summed E-state index contributed by atoms with van der Waals surface area (Å²) in [5, 5.41) is 8.66. The fourth-order valence-corrected chi connectivity index (χ4v) is 4.72. The maximum Gasteiger partial charge on any atom is 0.265 e. The molecule has 0 spiro atoms. The van der Waals surface area contributed by atoms with E-state index in [2.05, 4.69) is 19.8 Å². The third-order valence-corrected chi connectivity index (χ3v) is 6.54. The molecule has 1 aliphatic heterocycles. The first-order valence-electron chi connectivity index (χ1n) is 9.83. The number of aromatic nitrogens is 2. The van der Waals surface area contributed by atoms with Crippen molar-refractivity contribution < 1.29 is 13.2 Å². The second-order valence-electron chi connectivity index (χ2n) is 7.31. The van der Waals surface area contributed by atoms with Crippen molar-refractivity contribution in [3.8, 4) is 17.0 Å². The number of methoxy groups -OCH3 is 1. The van der Waals surface area contributed by atoms with Crippen molar-refractivity contribution in [2.45, 2.75) is 24.7 Å². The Kier molecular flexibility index (Phi) is 5.59. The fourth-order valence-electron chi connectivity index (χ4n) is 3.51. The van der Waals surface area contributed by atoms with Gasteiger partial charge in [-0.2, -0.15) is 0 Å². The molecule has 0 unspecified atom stereocenters. The van der Waals surface area contributed by atoms with E-state index in [0.717, 1.165) is 35.7 Å². The molecule has 1 N–H and O–H groups in total. The lowest BCUT2D eigenvalue weighted by molar-refractivity contribution is 0.402. The average Bonchev–Trinajstić information content (AvgIpc) is 3.29. The van der Waals surface area contributed by atoms with Gasteiger partial charge < -0.3 is 9.64 Å². The third-order valence-electron chi connectivity index (χ3n) is 5.12. The van der Waals surface area contributed by atoms with Crippen molar-refractivity contribution in [3.63, 3.8) is 0 Å². The first kappa shape index (κ1) is 20.2. The van der Waals surface area contributed by atoms with Gasteiger partial charge in [0, 0.05) is 24.3 Å². The van der Waals surface area contributed by atoms with Crippen LogP contribution >= 0.6 is 0 Å². The van der Waals surface area contributed by atoms with Crippen molar-refractivity contribution in [2.24, 2.45) is 0 Å². The van der Waals surface area contributed by atoms with Crippen LogP contribution in [0.3, 0.4) is 0 Å². The molecule has 2 aromatic carbocycles. The molecule has 7 nitrogen and oxygen atoms in total. The maximum absolute atomic E-state index is 12.8. The number of hydrogen-bond acceptors (Lipinski definition) is 6. The summed E-state index contributed by atoms with van der Waals surface area (Å²) in [6.07, 6.45) is 2.38. The van der Waals surface area contributed by atoms with Crippen LogP contribution in [0.2, 0.25) is 0 Å². The average molecular weight is 425 g/mol. The van der Waals surface area contributed by atoms with Crippen LogP contribution in [0.5, 0.6) is 5.75 Å². The van der Waals surface area contributed by atoms with Crippen LogP contribution in [0, 0.1) is 6.92 Å². The van der Waals surface area contributed by atoms with E-state index >= 15 is 0 Å². The van der Waals surface area contributed by atoms with E-state index in [0.29, 0.717) is 11.4 Å². The van der Waals surface area contributed by atoms with E-state index < -0.39 is 10.0 Å². The van der Waals surface area contributed by atoms with Gasteiger partial charge in [0.05, 0.1) is 12.8 Å². The Labute approximate surface area is 176 Å². The number of hydrogen-bond donors (Lipinski definition) is 1. The molecule has 8 heteroatoms. The Bertz CT molecular complexity index is 1120. The topological polar surface area (TPSA) is 84.4 Å². The fraction of sp³-hybridized carbons (Fsp3) is 0.273. The van der Waals surface area contributed by atoms with Gasteiger partial charge in [0.2, 0.25) is 0 Å². The molecule has 0 radical (unpaired) electrons. The summed E-state index contributed by atoms with van der Waals surface area (Å²) >= 11 is 0. The zero-order chi connectivity index (χ0) is 21.1. The molecule has 0 saturated carbocycles. The summed E-state index contributed by atoms with van der Waals surface area (Å²) in [5.41, 5.74) is 2.99. The molecule has 0 aliphatic carbocycles. The molecule has 0 bridgehead atoms. The molecule has 2 heterocycles. The van der Waals surface area contributed by atoms with Gasteiger partial charge >= 0.3 is 0 Å². The van der Waals surface area contributed by atoms with Crippen LogP contribution in [-0.2, 0) is 10.0 Å². The van der Waals surface area contributed by atoms with Crippen LogP contribution in [0.4, 0.5) is 11.5 Å². The molecular weight excluding hydrogens is 400 g/mol. The van der Waals surface area contributed by atoms with Crippen LogP contribution in [-0.4, -0.2) is 38.8 Å². The van der Waals surface area contributed by atoms with E-state index in [4.69, 9.17) is 4.74 Å². The molecule has 0 amide bonds. The molecular formula is C22H24N4O3S. The summed E-state index contributed by atoms with van der Waals surface area (Å²) in [6.45, 7) is 3.93. The summed E-state index contributed by atoms with van der Waals surface area (Å²) in [6, 6.07) is 16.0. The van der Waals surface area contributed by atoms with Crippen molar-refractivity contribution in [1.82, 2.24) is 10.2 Å². The van der Waals surface area contributed by atoms with Crippen molar-refractivity contribution in [2.75, 3.05) is 29.8 Å². The lowest BCUT2D eigenvalue weighted by atomic mass is 10.1. The first-order valence-corrected chi connectivity index (χ1v) is 11.3. The molecule has 4 rings (SSSR count). The van der Waals surface area contributed by atoms with Gasteiger partial charge in [-0.3, -0.25) is 4.72 Å². The Morgan fingerprint density at radius 1 is 0.967 bits per heavy atom.